The summed E-state index contributed by atoms with van der Waals surface area (Å²) in [7, 11) is 0. The van der Waals surface area contributed by atoms with Crippen molar-refractivity contribution < 1.29 is 13.2 Å². The van der Waals surface area contributed by atoms with Crippen LogP contribution in [0.3, 0.4) is 0 Å². The summed E-state index contributed by atoms with van der Waals surface area (Å²) in [5.41, 5.74) is 0.188. The minimum absolute atomic E-state index is 0.188. The van der Waals surface area contributed by atoms with Crippen LogP contribution in [0.5, 0.6) is 0 Å². The fraction of sp³-hybridized carbons (Fsp3) is 0.600. The molecule has 0 nitrogen and oxygen atoms in total. The number of rotatable bonds is 3. The minimum atomic E-state index is -1.24. The lowest BCUT2D eigenvalue weighted by molar-refractivity contribution is 0.408. The predicted octanol–water partition coefficient (Wildman–Crippen LogP) is 4.10. The Hall–Kier alpha value is -0.730. The molecule has 0 rings (SSSR count). The Kier molecular flexibility index (Phi) is 4.81. The minimum Gasteiger partial charge on any atom is -0.243 e. The van der Waals surface area contributed by atoms with Crippen LogP contribution in [-0.2, 0) is 0 Å². The van der Waals surface area contributed by atoms with Crippen LogP contribution in [0.15, 0.2) is 23.3 Å². The van der Waals surface area contributed by atoms with E-state index < -0.39 is 23.7 Å². The van der Waals surface area contributed by atoms with Crippen molar-refractivity contribution in [2.45, 2.75) is 33.9 Å². The molecule has 0 aromatic carbocycles. The van der Waals surface area contributed by atoms with Gasteiger partial charge in [-0.2, -0.15) is 0 Å². The second-order valence-electron chi connectivity index (χ2n) is 3.35. The SMILES string of the molecule is C/C(=C/C(F)=C(/F)C(C)C)C(C)F. The van der Waals surface area contributed by atoms with E-state index in [1.54, 1.807) is 0 Å². The van der Waals surface area contributed by atoms with Gasteiger partial charge in [0.15, 0.2) is 5.83 Å². The summed E-state index contributed by atoms with van der Waals surface area (Å²) in [5, 5.41) is 0. The van der Waals surface area contributed by atoms with Gasteiger partial charge in [0, 0.05) is 5.92 Å². The third-order valence-corrected chi connectivity index (χ3v) is 1.72. The van der Waals surface area contributed by atoms with Crippen molar-refractivity contribution in [3.05, 3.63) is 23.3 Å². The topological polar surface area (TPSA) is 0 Å². The highest BCUT2D eigenvalue weighted by atomic mass is 19.2. The summed E-state index contributed by atoms with van der Waals surface area (Å²) in [6.07, 6.45) is -0.342. The first kappa shape index (κ1) is 12.3. The van der Waals surface area contributed by atoms with Gasteiger partial charge in [-0.25, -0.2) is 13.2 Å². The van der Waals surface area contributed by atoms with E-state index in [1.165, 1.54) is 27.7 Å². The van der Waals surface area contributed by atoms with E-state index in [2.05, 4.69) is 0 Å². The highest BCUT2D eigenvalue weighted by Crippen LogP contribution is 2.20. The molecule has 76 valence electrons. The van der Waals surface area contributed by atoms with Crippen LogP contribution in [0.2, 0.25) is 0 Å². The van der Waals surface area contributed by atoms with Crippen LogP contribution < -0.4 is 0 Å². The zero-order valence-electron chi connectivity index (χ0n) is 8.37. The molecule has 0 amide bonds. The molecule has 0 aromatic rings. The summed E-state index contributed by atoms with van der Waals surface area (Å²) in [6.45, 7) is 5.79. The molecule has 13 heavy (non-hydrogen) atoms. The Bertz CT molecular complexity index is 224. The molecule has 0 radical (unpaired) electrons. The quantitative estimate of drug-likeness (QED) is 0.590. The van der Waals surface area contributed by atoms with Crippen molar-refractivity contribution >= 4 is 0 Å². The van der Waals surface area contributed by atoms with Crippen molar-refractivity contribution in [2.75, 3.05) is 0 Å². The van der Waals surface area contributed by atoms with E-state index in [9.17, 15) is 13.2 Å². The number of halogens is 3. The Labute approximate surface area is 77.1 Å². The molecule has 0 aromatic heterocycles. The average molecular weight is 192 g/mol. The molecule has 0 heterocycles. The Morgan fingerprint density at radius 2 is 1.62 bits per heavy atom. The molecular weight excluding hydrogens is 177 g/mol. The molecule has 0 saturated heterocycles. The predicted molar refractivity (Wildman–Crippen MR) is 48.4 cm³/mol. The van der Waals surface area contributed by atoms with E-state index in [4.69, 9.17) is 0 Å². The van der Waals surface area contributed by atoms with Crippen molar-refractivity contribution in [3.63, 3.8) is 0 Å². The molecule has 0 aliphatic heterocycles. The van der Waals surface area contributed by atoms with Crippen molar-refractivity contribution in [3.8, 4) is 0 Å². The summed E-state index contributed by atoms with van der Waals surface area (Å²) < 4.78 is 38.3. The Morgan fingerprint density at radius 1 is 1.15 bits per heavy atom. The highest BCUT2D eigenvalue weighted by Gasteiger charge is 2.09. The lowest BCUT2D eigenvalue weighted by Gasteiger charge is -2.03. The molecule has 0 fully saturated rings. The van der Waals surface area contributed by atoms with Crippen LogP contribution in [0.1, 0.15) is 27.7 Å². The van der Waals surface area contributed by atoms with Gasteiger partial charge in [0.2, 0.25) is 0 Å². The van der Waals surface area contributed by atoms with Gasteiger partial charge in [0.1, 0.15) is 12.0 Å². The van der Waals surface area contributed by atoms with Gasteiger partial charge in [-0.15, -0.1) is 0 Å². The molecule has 0 bridgehead atoms. The number of alkyl halides is 1. The van der Waals surface area contributed by atoms with Crippen molar-refractivity contribution in [2.24, 2.45) is 5.92 Å². The smallest absolute Gasteiger partial charge is 0.154 e. The number of hydrogen-bond acceptors (Lipinski definition) is 0. The van der Waals surface area contributed by atoms with Gasteiger partial charge in [-0.05, 0) is 25.5 Å². The van der Waals surface area contributed by atoms with Crippen molar-refractivity contribution in [1.82, 2.24) is 0 Å². The highest BCUT2D eigenvalue weighted by molar-refractivity contribution is 5.22. The lowest BCUT2D eigenvalue weighted by Crippen LogP contribution is -1.95. The Morgan fingerprint density at radius 3 is 1.92 bits per heavy atom. The maximum Gasteiger partial charge on any atom is 0.154 e. The zero-order valence-corrected chi connectivity index (χ0v) is 8.37. The molecule has 0 saturated carbocycles. The van der Waals surface area contributed by atoms with Crippen LogP contribution in [0, 0.1) is 5.92 Å². The van der Waals surface area contributed by atoms with Crippen LogP contribution >= 0.6 is 0 Å². The molecular formula is C10H15F3. The second-order valence-corrected chi connectivity index (χ2v) is 3.35. The van der Waals surface area contributed by atoms with Crippen molar-refractivity contribution in [1.29, 1.82) is 0 Å². The maximum atomic E-state index is 12.9. The lowest BCUT2D eigenvalue weighted by atomic mass is 10.1. The van der Waals surface area contributed by atoms with Gasteiger partial charge in [-0.1, -0.05) is 13.8 Å². The third-order valence-electron chi connectivity index (χ3n) is 1.72. The summed E-state index contributed by atoms with van der Waals surface area (Å²) in [6, 6.07) is 0. The van der Waals surface area contributed by atoms with E-state index in [-0.39, 0.29) is 5.57 Å². The fourth-order valence-corrected chi connectivity index (χ4v) is 0.659. The molecule has 0 aliphatic carbocycles. The van der Waals surface area contributed by atoms with E-state index >= 15 is 0 Å². The van der Waals surface area contributed by atoms with E-state index in [1.807, 2.05) is 0 Å². The molecule has 0 aliphatic rings. The molecule has 1 unspecified atom stereocenters. The van der Waals surface area contributed by atoms with E-state index in [0.717, 1.165) is 6.08 Å². The first-order valence-electron chi connectivity index (χ1n) is 4.23. The molecule has 3 heteroatoms. The molecule has 0 spiro atoms. The Balaban J connectivity index is 4.71. The first-order valence-corrected chi connectivity index (χ1v) is 4.23. The maximum absolute atomic E-state index is 12.9. The monoisotopic (exact) mass is 192 g/mol. The zero-order chi connectivity index (χ0) is 10.6. The van der Waals surface area contributed by atoms with Crippen LogP contribution in [0.4, 0.5) is 13.2 Å². The summed E-state index contributed by atoms with van der Waals surface area (Å²) >= 11 is 0. The van der Waals surface area contributed by atoms with Gasteiger partial charge >= 0.3 is 0 Å². The van der Waals surface area contributed by atoms with E-state index in [0.29, 0.717) is 0 Å². The number of allylic oxidation sites excluding steroid dienone is 4. The fourth-order valence-electron chi connectivity index (χ4n) is 0.659. The largest absolute Gasteiger partial charge is 0.243 e. The van der Waals surface area contributed by atoms with Gasteiger partial charge in [0.25, 0.3) is 0 Å². The summed E-state index contributed by atoms with van der Waals surface area (Å²) in [5.74, 6) is -2.31. The van der Waals surface area contributed by atoms with Gasteiger partial charge in [-0.3, -0.25) is 0 Å². The first-order chi connectivity index (χ1) is 5.86. The average Bonchev–Trinajstić information content (AvgIpc) is 2.02. The van der Waals surface area contributed by atoms with Gasteiger partial charge in [0.05, 0.1) is 0 Å². The third kappa shape index (κ3) is 4.15. The standard InChI is InChI=1S/C10H15F3/c1-6(2)10(13)9(12)5-7(3)8(4)11/h5-6,8H,1-4H3/b7-5-,10-9-. The molecule has 1 atom stereocenters. The van der Waals surface area contributed by atoms with Crippen LogP contribution in [0.25, 0.3) is 0 Å². The normalized spacial score (nSPS) is 17.4. The summed E-state index contributed by atoms with van der Waals surface area (Å²) in [4.78, 5) is 0. The van der Waals surface area contributed by atoms with Crippen LogP contribution in [-0.4, -0.2) is 6.17 Å². The number of hydrogen-bond donors (Lipinski definition) is 0. The van der Waals surface area contributed by atoms with Gasteiger partial charge < -0.3 is 0 Å². The molecule has 0 N–H and O–H groups in total. The second kappa shape index (κ2) is 5.10.